The Morgan fingerprint density at radius 2 is 2.22 bits per heavy atom. The van der Waals surface area contributed by atoms with Gasteiger partial charge in [-0.3, -0.25) is 9.89 Å². The van der Waals surface area contributed by atoms with Crippen LogP contribution in [-0.2, 0) is 6.54 Å². The summed E-state index contributed by atoms with van der Waals surface area (Å²) in [5.74, 6) is 0.600. The third-order valence-corrected chi connectivity index (χ3v) is 3.16. The highest BCUT2D eigenvalue weighted by Gasteiger charge is 2.13. The first-order valence-electron chi connectivity index (χ1n) is 5.93. The monoisotopic (exact) mass is 264 g/mol. The van der Waals surface area contributed by atoms with Crippen molar-refractivity contribution in [2.24, 2.45) is 0 Å². The molecule has 0 amide bonds. The lowest BCUT2D eigenvalue weighted by Crippen LogP contribution is -2.23. The SMILES string of the molecule is CCn1c(-c2cccn(C(C)C)c2=O)n[nH]c1=S. The number of hydrogen-bond donors (Lipinski definition) is 1. The quantitative estimate of drug-likeness (QED) is 0.866. The molecule has 1 N–H and O–H groups in total. The fourth-order valence-corrected chi connectivity index (χ4v) is 2.16. The van der Waals surface area contributed by atoms with E-state index in [1.54, 1.807) is 16.8 Å². The van der Waals surface area contributed by atoms with Crippen LogP contribution < -0.4 is 5.56 Å². The van der Waals surface area contributed by atoms with E-state index in [-0.39, 0.29) is 11.6 Å². The summed E-state index contributed by atoms with van der Waals surface area (Å²) in [4.78, 5) is 12.3. The molecule has 18 heavy (non-hydrogen) atoms. The number of hydrogen-bond acceptors (Lipinski definition) is 3. The molecule has 0 saturated heterocycles. The highest BCUT2D eigenvalue weighted by molar-refractivity contribution is 7.71. The minimum Gasteiger partial charge on any atom is -0.312 e. The second kappa shape index (κ2) is 4.89. The molecule has 2 aromatic heterocycles. The van der Waals surface area contributed by atoms with Crippen LogP contribution in [-0.4, -0.2) is 19.3 Å². The fraction of sp³-hybridized carbons (Fsp3) is 0.417. The number of aromatic nitrogens is 4. The third-order valence-electron chi connectivity index (χ3n) is 2.85. The van der Waals surface area contributed by atoms with Gasteiger partial charge < -0.3 is 9.13 Å². The number of rotatable bonds is 3. The third kappa shape index (κ3) is 2.03. The summed E-state index contributed by atoms with van der Waals surface area (Å²) in [5, 5.41) is 6.88. The van der Waals surface area contributed by atoms with Crippen molar-refractivity contribution in [3.8, 4) is 11.4 Å². The van der Waals surface area contributed by atoms with Crippen molar-refractivity contribution in [3.05, 3.63) is 33.5 Å². The maximum absolute atomic E-state index is 12.3. The summed E-state index contributed by atoms with van der Waals surface area (Å²) in [6, 6.07) is 3.75. The van der Waals surface area contributed by atoms with Crippen molar-refractivity contribution in [1.29, 1.82) is 0 Å². The Bertz CT molecular complexity index is 665. The molecule has 0 radical (unpaired) electrons. The van der Waals surface area contributed by atoms with Gasteiger partial charge in [-0.15, -0.1) is 0 Å². The molecular formula is C12H16N4OS. The van der Waals surface area contributed by atoms with Gasteiger partial charge in [0.25, 0.3) is 5.56 Å². The Balaban J connectivity index is 2.69. The van der Waals surface area contributed by atoms with Crippen molar-refractivity contribution >= 4 is 12.2 Å². The van der Waals surface area contributed by atoms with E-state index >= 15 is 0 Å². The van der Waals surface area contributed by atoms with Crippen LogP contribution in [0.2, 0.25) is 0 Å². The zero-order valence-electron chi connectivity index (χ0n) is 10.7. The molecule has 0 aliphatic carbocycles. The summed E-state index contributed by atoms with van der Waals surface area (Å²) < 4.78 is 4.04. The summed E-state index contributed by atoms with van der Waals surface area (Å²) in [6.45, 7) is 6.60. The van der Waals surface area contributed by atoms with E-state index in [2.05, 4.69) is 10.2 Å². The number of nitrogens with one attached hydrogen (secondary N) is 1. The molecule has 0 saturated carbocycles. The van der Waals surface area contributed by atoms with Crippen LogP contribution >= 0.6 is 12.2 Å². The maximum Gasteiger partial charge on any atom is 0.261 e. The molecule has 5 nitrogen and oxygen atoms in total. The fourth-order valence-electron chi connectivity index (χ4n) is 1.90. The van der Waals surface area contributed by atoms with Crippen LogP contribution in [0.15, 0.2) is 23.1 Å². The first-order valence-corrected chi connectivity index (χ1v) is 6.33. The topological polar surface area (TPSA) is 55.6 Å². The molecule has 0 aromatic carbocycles. The van der Waals surface area contributed by atoms with E-state index < -0.39 is 0 Å². The molecule has 0 spiro atoms. The van der Waals surface area contributed by atoms with Gasteiger partial charge in [0.15, 0.2) is 10.6 Å². The Morgan fingerprint density at radius 3 is 2.83 bits per heavy atom. The first-order chi connectivity index (χ1) is 8.56. The first kappa shape index (κ1) is 12.8. The number of nitrogens with zero attached hydrogens (tertiary/aromatic N) is 3. The number of H-pyrrole nitrogens is 1. The largest absolute Gasteiger partial charge is 0.312 e. The van der Waals surface area contributed by atoms with E-state index in [1.165, 1.54) is 0 Å². The Morgan fingerprint density at radius 1 is 1.50 bits per heavy atom. The molecule has 0 bridgehead atoms. The highest BCUT2D eigenvalue weighted by Crippen LogP contribution is 2.13. The van der Waals surface area contributed by atoms with Gasteiger partial charge in [0, 0.05) is 18.8 Å². The molecule has 0 fully saturated rings. The van der Waals surface area contributed by atoms with Crippen LogP contribution in [0.3, 0.4) is 0 Å². The lowest BCUT2D eigenvalue weighted by atomic mass is 10.2. The predicted octanol–water partition coefficient (Wildman–Crippen LogP) is 2.37. The molecule has 0 aliphatic rings. The predicted molar refractivity (Wildman–Crippen MR) is 73.2 cm³/mol. The summed E-state index contributed by atoms with van der Waals surface area (Å²) >= 11 is 5.14. The van der Waals surface area contributed by atoms with Gasteiger partial charge in [-0.25, -0.2) is 0 Å². The number of pyridine rings is 1. The number of aromatic amines is 1. The van der Waals surface area contributed by atoms with Crippen LogP contribution in [0, 0.1) is 4.77 Å². The van der Waals surface area contributed by atoms with Crippen molar-refractivity contribution in [1.82, 2.24) is 19.3 Å². The summed E-state index contributed by atoms with van der Waals surface area (Å²) in [6.07, 6.45) is 1.79. The average Bonchev–Trinajstić information content (AvgIpc) is 2.70. The second-order valence-corrected chi connectivity index (χ2v) is 4.71. The summed E-state index contributed by atoms with van der Waals surface area (Å²) in [5.41, 5.74) is 0.525. The smallest absolute Gasteiger partial charge is 0.261 e. The molecule has 96 valence electrons. The van der Waals surface area contributed by atoms with Crippen molar-refractivity contribution in [3.63, 3.8) is 0 Å². The molecule has 0 unspecified atom stereocenters. The molecule has 2 heterocycles. The molecule has 0 aliphatic heterocycles. The van der Waals surface area contributed by atoms with Crippen molar-refractivity contribution in [2.45, 2.75) is 33.4 Å². The van der Waals surface area contributed by atoms with Crippen molar-refractivity contribution in [2.75, 3.05) is 0 Å². The highest BCUT2D eigenvalue weighted by atomic mass is 32.1. The van der Waals surface area contributed by atoms with Crippen molar-refractivity contribution < 1.29 is 0 Å². The zero-order valence-corrected chi connectivity index (χ0v) is 11.5. The zero-order chi connectivity index (χ0) is 13.3. The van der Waals surface area contributed by atoms with Crippen LogP contribution in [0.25, 0.3) is 11.4 Å². The Kier molecular flexibility index (Phi) is 3.47. The summed E-state index contributed by atoms with van der Waals surface area (Å²) in [7, 11) is 0. The van der Waals surface area contributed by atoms with E-state index in [0.29, 0.717) is 22.7 Å². The van der Waals surface area contributed by atoms with E-state index in [0.717, 1.165) is 0 Å². The van der Waals surface area contributed by atoms with Crippen LogP contribution in [0.1, 0.15) is 26.8 Å². The minimum atomic E-state index is -0.0452. The molecule has 6 heteroatoms. The Labute approximate surface area is 110 Å². The Hall–Kier alpha value is -1.69. The van der Waals surface area contributed by atoms with E-state index in [1.807, 2.05) is 31.4 Å². The van der Waals surface area contributed by atoms with Gasteiger partial charge in [0.05, 0.1) is 5.56 Å². The molecule has 0 atom stereocenters. The van der Waals surface area contributed by atoms with Gasteiger partial charge in [0.2, 0.25) is 0 Å². The molecular weight excluding hydrogens is 248 g/mol. The lowest BCUT2D eigenvalue weighted by Gasteiger charge is -2.11. The molecule has 2 rings (SSSR count). The van der Waals surface area contributed by atoms with Gasteiger partial charge in [0.1, 0.15) is 0 Å². The molecule has 2 aromatic rings. The average molecular weight is 264 g/mol. The van der Waals surface area contributed by atoms with Crippen LogP contribution in [0.5, 0.6) is 0 Å². The van der Waals surface area contributed by atoms with Gasteiger partial charge in [-0.1, -0.05) is 0 Å². The maximum atomic E-state index is 12.3. The standard InChI is InChI=1S/C12H16N4OS/c1-4-15-10(13-14-12(15)18)9-6-5-7-16(8(2)3)11(9)17/h5-8H,4H2,1-3H3,(H,14,18). The van der Waals surface area contributed by atoms with Crippen LogP contribution in [0.4, 0.5) is 0 Å². The van der Waals surface area contributed by atoms with Gasteiger partial charge in [-0.2, -0.15) is 5.10 Å². The minimum absolute atomic E-state index is 0.0452. The normalized spacial score (nSPS) is 11.1. The van der Waals surface area contributed by atoms with E-state index in [4.69, 9.17) is 12.2 Å². The van der Waals surface area contributed by atoms with Gasteiger partial charge >= 0.3 is 0 Å². The van der Waals surface area contributed by atoms with E-state index in [9.17, 15) is 4.79 Å². The second-order valence-electron chi connectivity index (χ2n) is 4.32. The van der Waals surface area contributed by atoms with Gasteiger partial charge in [-0.05, 0) is 45.1 Å². The lowest BCUT2D eigenvalue weighted by molar-refractivity contribution is 0.578.